The summed E-state index contributed by atoms with van der Waals surface area (Å²) in [5.41, 5.74) is 5.17. The van der Waals surface area contributed by atoms with E-state index in [1.165, 1.54) is 5.56 Å². The van der Waals surface area contributed by atoms with E-state index < -0.39 is 0 Å². The standard InChI is InChI=1S/C19H15N3/c20-12-15-5-9-19(10-6-15)22-13-16-3-7-17(8-4-16)18-2-1-11-21-14-18/h1-11,14,22H,13H2. The third-order valence-corrected chi connectivity index (χ3v) is 3.46. The van der Waals surface area contributed by atoms with E-state index in [-0.39, 0.29) is 0 Å². The summed E-state index contributed by atoms with van der Waals surface area (Å²) >= 11 is 0. The maximum Gasteiger partial charge on any atom is 0.0991 e. The van der Waals surface area contributed by atoms with Gasteiger partial charge >= 0.3 is 0 Å². The van der Waals surface area contributed by atoms with E-state index in [1.54, 1.807) is 6.20 Å². The molecule has 3 nitrogen and oxygen atoms in total. The van der Waals surface area contributed by atoms with Gasteiger partial charge in [0.1, 0.15) is 0 Å². The fraction of sp³-hybridized carbons (Fsp3) is 0.0526. The van der Waals surface area contributed by atoms with Gasteiger partial charge in [0.25, 0.3) is 0 Å². The highest BCUT2D eigenvalue weighted by Gasteiger charge is 1.99. The van der Waals surface area contributed by atoms with Gasteiger partial charge < -0.3 is 5.32 Å². The lowest BCUT2D eigenvalue weighted by atomic mass is 10.1. The van der Waals surface area contributed by atoms with Crippen LogP contribution in [0.15, 0.2) is 73.1 Å². The first-order chi connectivity index (χ1) is 10.8. The Morgan fingerprint density at radius 1 is 0.909 bits per heavy atom. The highest BCUT2D eigenvalue weighted by molar-refractivity contribution is 5.62. The van der Waals surface area contributed by atoms with E-state index in [1.807, 2.05) is 36.5 Å². The van der Waals surface area contributed by atoms with Crippen LogP contribution in [0.1, 0.15) is 11.1 Å². The van der Waals surface area contributed by atoms with Crippen LogP contribution in [0.3, 0.4) is 0 Å². The van der Waals surface area contributed by atoms with E-state index in [9.17, 15) is 0 Å². The molecule has 0 bridgehead atoms. The second-order valence-electron chi connectivity index (χ2n) is 4.98. The van der Waals surface area contributed by atoms with Crippen LogP contribution in [-0.4, -0.2) is 4.98 Å². The van der Waals surface area contributed by atoms with Gasteiger partial charge in [0.15, 0.2) is 0 Å². The van der Waals surface area contributed by atoms with Crippen molar-refractivity contribution in [2.24, 2.45) is 0 Å². The van der Waals surface area contributed by atoms with Crippen molar-refractivity contribution in [2.75, 3.05) is 5.32 Å². The van der Waals surface area contributed by atoms with E-state index in [0.717, 1.165) is 23.4 Å². The Labute approximate surface area is 129 Å². The Morgan fingerprint density at radius 2 is 1.68 bits per heavy atom. The van der Waals surface area contributed by atoms with Crippen LogP contribution in [-0.2, 0) is 6.54 Å². The maximum atomic E-state index is 8.78. The summed E-state index contributed by atoms with van der Waals surface area (Å²) in [5.74, 6) is 0. The minimum absolute atomic E-state index is 0.673. The van der Waals surface area contributed by atoms with Gasteiger partial charge in [0, 0.05) is 24.6 Å². The molecule has 106 valence electrons. The van der Waals surface area contributed by atoms with Gasteiger partial charge in [-0.25, -0.2) is 0 Å². The van der Waals surface area contributed by atoms with Crippen LogP contribution in [0, 0.1) is 11.3 Å². The van der Waals surface area contributed by atoms with Crippen molar-refractivity contribution in [3.8, 4) is 17.2 Å². The van der Waals surface area contributed by atoms with Gasteiger partial charge in [-0.1, -0.05) is 30.3 Å². The third kappa shape index (κ3) is 3.31. The lowest BCUT2D eigenvalue weighted by Crippen LogP contribution is -1.99. The SMILES string of the molecule is N#Cc1ccc(NCc2ccc(-c3cccnc3)cc2)cc1. The first kappa shape index (κ1) is 13.8. The number of anilines is 1. The van der Waals surface area contributed by atoms with Crippen molar-refractivity contribution < 1.29 is 0 Å². The molecule has 1 aromatic heterocycles. The van der Waals surface area contributed by atoms with Crippen LogP contribution in [0.2, 0.25) is 0 Å². The summed E-state index contributed by atoms with van der Waals surface area (Å²) in [6, 6.07) is 22.0. The van der Waals surface area contributed by atoms with Crippen molar-refractivity contribution >= 4 is 5.69 Å². The lowest BCUT2D eigenvalue weighted by Gasteiger charge is -2.07. The molecule has 0 radical (unpaired) electrons. The Morgan fingerprint density at radius 3 is 2.32 bits per heavy atom. The average molecular weight is 285 g/mol. The molecule has 2 aromatic carbocycles. The van der Waals surface area contributed by atoms with Crippen LogP contribution in [0.25, 0.3) is 11.1 Å². The molecule has 3 rings (SSSR count). The second-order valence-corrected chi connectivity index (χ2v) is 4.98. The van der Waals surface area contributed by atoms with Crippen molar-refractivity contribution in [2.45, 2.75) is 6.54 Å². The minimum atomic E-state index is 0.673. The van der Waals surface area contributed by atoms with Crippen LogP contribution in [0.4, 0.5) is 5.69 Å². The molecule has 0 amide bonds. The molecule has 0 unspecified atom stereocenters. The van der Waals surface area contributed by atoms with Gasteiger partial charge in [-0.2, -0.15) is 5.26 Å². The van der Waals surface area contributed by atoms with Crippen LogP contribution in [0.5, 0.6) is 0 Å². The molecular formula is C19H15N3. The van der Waals surface area contributed by atoms with Crippen molar-refractivity contribution in [1.29, 1.82) is 5.26 Å². The molecule has 0 aliphatic heterocycles. The molecule has 0 aliphatic carbocycles. The fourth-order valence-corrected chi connectivity index (χ4v) is 2.22. The Bertz CT molecular complexity index is 770. The molecule has 0 fully saturated rings. The fourth-order valence-electron chi connectivity index (χ4n) is 2.22. The van der Waals surface area contributed by atoms with E-state index >= 15 is 0 Å². The molecule has 0 atom stereocenters. The zero-order valence-corrected chi connectivity index (χ0v) is 12.0. The monoisotopic (exact) mass is 285 g/mol. The zero-order chi connectivity index (χ0) is 15.2. The predicted molar refractivity (Wildman–Crippen MR) is 88.2 cm³/mol. The number of hydrogen-bond acceptors (Lipinski definition) is 3. The molecule has 3 heteroatoms. The van der Waals surface area contributed by atoms with Crippen molar-refractivity contribution in [3.63, 3.8) is 0 Å². The van der Waals surface area contributed by atoms with E-state index in [0.29, 0.717) is 5.56 Å². The quantitative estimate of drug-likeness (QED) is 0.780. The van der Waals surface area contributed by atoms with Crippen molar-refractivity contribution in [1.82, 2.24) is 4.98 Å². The highest BCUT2D eigenvalue weighted by Crippen LogP contribution is 2.19. The van der Waals surface area contributed by atoms with E-state index in [4.69, 9.17) is 5.26 Å². The number of aromatic nitrogens is 1. The minimum Gasteiger partial charge on any atom is -0.381 e. The lowest BCUT2D eigenvalue weighted by molar-refractivity contribution is 1.15. The zero-order valence-electron chi connectivity index (χ0n) is 12.0. The van der Waals surface area contributed by atoms with Crippen LogP contribution >= 0.6 is 0 Å². The predicted octanol–water partition coefficient (Wildman–Crippen LogP) is 4.23. The van der Waals surface area contributed by atoms with Crippen molar-refractivity contribution in [3.05, 3.63) is 84.2 Å². The largest absolute Gasteiger partial charge is 0.381 e. The number of benzene rings is 2. The van der Waals surface area contributed by atoms with E-state index in [2.05, 4.69) is 46.7 Å². The molecule has 0 saturated carbocycles. The second kappa shape index (κ2) is 6.55. The number of nitriles is 1. The number of pyridine rings is 1. The van der Waals surface area contributed by atoms with Gasteiger partial charge in [-0.15, -0.1) is 0 Å². The molecular weight excluding hydrogens is 270 g/mol. The van der Waals surface area contributed by atoms with Gasteiger partial charge in [-0.05, 0) is 47.0 Å². The molecule has 0 saturated heterocycles. The summed E-state index contributed by atoms with van der Waals surface area (Å²) < 4.78 is 0. The number of rotatable bonds is 4. The summed E-state index contributed by atoms with van der Waals surface area (Å²) in [5, 5.41) is 12.1. The van der Waals surface area contributed by atoms with Gasteiger partial charge in [0.05, 0.1) is 11.6 Å². The number of nitrogens with zero attached hydrogens (tertiary/aromatic N) is 2. The smallest absolute Gasteiger partial charge is 0.0991 e. The molecule has 0 aliphatic rings. The summed E-state index contributed by atoms with van der Waals surface area (Å²) in [6.07, 6.45) is 3.64. The van der Waals surface area contributed by atoms with Gasteiger partial charge in [0.2, 0.25) is 0 Å². The van der Waals surface area contributed by atoms with Gasteiger partial charge in [-0.3, -0.25) is 4.98 Å². The summed E-state index contributed by atoms with van der Waals surface area (Å²) in [6.45, 7) is 0.749. The molecule has 1 N–H and O–H groups in total. The first-order valence-corrected chi connectivity index (χ1v) is 7.08. The summed E-state index contributed by atoms with van der Waals surface area (Å²) in [7, 11) is 0. The third-order valence-electron chi connectivity index (χ3n) is 3.46. The Balaban J connectivity index is 1.65. The first-order valence-electron chi connectivity index (χ1n) is 7.08. The number of hydrogen-bond donors (Lipinski definition) is 1. The Kier molecular flexibility index (Phi) is 4.12. The van der Waals surface area contributed by atoms with Crippen LogP contribution < -0.4 is 5.32 Å². The Hall–Kier alpha value is -3.12. The molecule has 0 spiro atoms. The highest BCUT2D eigenvalue weighted by atomic mass is 14.9. The normalized spacial score (nSPS) is 9.95. The maximum absolute atomic E-state index is 8.78. The summed E-state index contributed by atoms with van der Waals surface area (Å²) in [4.78, 5) is 4.14. The topological polar surface area (TPSA) is 48.7 Å². The average Bonchev–Trinajstić information content (AvgIpc) is 2.61. The number of nitrogens with one attached hydrogen (secondary N) is 1. The molecule has 3 aromatic rings. The molecule has 1 heterocycles. The molecule has 22 heavy (non-hydrogen) atoms.